The number of aromatic nitrogens is 1. The third kappa shape index (κ3) is 5.31. The highest BCUT2D eigenvalue weighted by atomic mass is 16.5. The molecule has 1 amide bonds. The van der Waals surface area contributed by atoms with Crippen molar-refractivity contribution in [3.05, 3.63) is 78.1 Å². The van der Waals surface area contributed by atoms with Crippen molar-refractivity contribution >= 4 is 23.0 Å². The molecule has 27 heavy (non-hydrogen) atoms. The highest BCUT2D eigenvalue weighted by Crippen LogP contribution is 2.19. The van der Waals surface area contributed by atoms with Crippen LogP contribution in [0.25, 0.3) is 0 Å². The van der Waals surface area contributed by atoms with E-state index in [4.69, 9.17) is 4.74 Å². The summed E-state index contributed by atoms with van der Waals surface area (Å²) < 4.78 is 5.60. The maximum Gasteiger partial charge on any atom is 0.274 e. The van der Waals surface area contributed by atoms with Crippen molar-refractivity contribution < 1.29 is 9.53 Å². The first-order valence-corrected chi connectivity index (χ1v) is 8.87. The number of pyridine rings is 1. The Kier molecular flexibility index (Phi) is 5.71. The predicted molar refractivity (Wildman–Crippen MR) is 109 cm³/mol. The normalized spacial score (nSPS) is 10.5. The number of ether oxygens (including phenoxy) is 1. The fourth-order valence-electron chi connectivity index (χ4n) is 2.58. The zero-order chi connectivity index (χ0) is 19.2. The zero-order valence-corrected chi connectivity index (χ0v) is 15.7. The van der Waals surface area contributed by atoms with Crippen LogP contribution < -0.4 is 15.4 Å². The van der Waals surface area contributed by atoms with E-state index in [1.54, 1.807) is 12.3 Å². The summed E-state index contributed by atoms with van der Waals surface area (Å²) in [5.41, 5.74) is 4.03. The van der Waals surface area contributed by atoms with E-state index in [1.807, 2.05) is 75.4 Å². The van der Waals surface area contributed by atoms with Gasteiger partial charge in [-0.3, -0.25) is 4.79 Å². The van der Waals surface area contributed by atoms with Crippen LogP contribution >= 0.6 is 0 Å². The molecule has 0 radical (unpaired) electrons. The van der Waals surface area contributed by atoms with Gasteiger partial charge in [-0.1, -0.05) is 12.1 Å². The summed E-state index contributed by atoms with van der Waals surface area (Å²) in [6.45, 7) is 5.98. The Morgan fingerprint density at radius 3 is 2.33 bits per heavy atom. The summed E-state index contributed by atoms with van der Waals surface area (Å²) in [5.74, 6) is 0.516. The van der Waals surface area contributed by atoms with Gasteiger partial charge in [0.25, 0.3) is 5.91 Å². The molecule has 0 bridgehead atoms. The largest absolute Gasteiger partial charge is 0.491 e. The first kappa shape index (κ1) is 18.5. The second-order valence-electron chi connectivity index (χ2n) is 6.57. The Hall–Kier alpha value is -3.34. The van der Waals surface area contributed by atoms with Crippen LogP contribution in [0.3, 0.4) is 0 Å². The van der Waals surface area contributed by atoms with Gasteiger partial charge in [0.2, 0.25) is 0 Å². The average Bonchev–Trinajstić information content (AvgIpc) is 2.63. The first-order valence-electron chi connectivity index (χ1n) is 8.87. The lowest BCUT2D eigenvalue weighted by atomic mass is 10.2. The molecule has 5 nitrogen and oxygen atoms in total. The van der Waals surface area contributed by atoms with Crippen molar-refractivity contribution in [1.29, 1.82) is 0 Å². The molecule has 3 aromatic rings. The standard InChI is InChI=1S/C22H23N3O2/c1-15(2)27-20-10-7-17(8-11-20)25-22(26)21-12-9-19(14-23-21)24-18-6-4-5-16(3)13-18/h4-15,24H,1-3H3,(H,25,26). The van der Waals surface area contributed by atoms with Gasteiger partial charge in [-0.25, -0.2) is 4.98 Å². The van der Waals surface area contributed by atoms with E-state index in [-0.39, 0.29) is 12.0 Å². The lowest BCUT2D eigenvalue weighted by molar-refractivity contribution is 0.102. The van der Waals surface area contributed by atoms with E-state index in [1.165, 1.54) is 5.56 Å². The summed E-state index contributed by atoms with van der Waals surface area (Å²) in [4.78, 5) is 16.6. The smallest absolute Gasteiger partial charge is 0.274 e. The van der Waals surface area contributed by atoms with Crippen molar-refractivity contribution in [2.24, 2.45) is 0 Å². The molecule has 0 atom stereocenters. The molecule has 138 valence electrons. The maximum absolute atomic E-state index is 12.4. The number of nitrogens with zero attached hydrogens (tertiary/aromatic N) is 1. The summed E-state index contributed by atoms with van der Waals surface area (Å²) in [5, 5.41) is 6.11. The lowest BCUT2D eigenvalue weighted by Crippen LogP contribution is -2.13. The van der Waals surface area contributed by atoms with Crippen molar-refractivity contribution in [2.45, 2.75) is 26.9 Å². The molecule has 0 saturated carbocycles. The predicted octanol–water partition coefficient (Wildman–Crippen LogP) is 5.17. The van der Waals surface area contributed by atoms with Gasteiger partial charge in [-0.2, -0.15) is 0 Å². The number of rotatable bonds is 6. The molecule has 3 rings (SSSR count). The van der Waals surface area contributed by atoms with Crippen LogP contribution in [0, 0.1) is 6.92 Å². The zero-order valence-electron chi connectivity index (χ0n) is 15.7. The van der Waals surface area contributed by atoms with Gasteiger partial charge >= 0.3 is 0 Å². The quantitative estimate of drug-likeness (QED) is 0.635. The summed E-state index contributed by atoms with van der Waals surface area (Å²) in [7, 11) is 0. The van der Waals surface area contributed by atoms with Gasteiger partial charge < -0.3 is 15.4 Å². The lowest BCUT2D eigenvalue weighted by Gasteiger charge is -2.11. The molecule has 5 heteroatoms. The molecule has 1 aromatic heterocycles. The van der Waals surface area contributed by atoms with E-state index in [0.717, 1.165) is 17.1 Å². The minimum absolute atomic E-state index is 0.113. The topological polar surface area (TPSA) is 63.2 Å². The van der Waals surface area contributed by atoms with Gasteiger partial charge in [0.15, 0.2) is 0 Å². The Morgan fingerprint density at radius 2 is 1.70 bits per heavy atom. The third-order valence-corrected chi connectivity index (χ3v) is 3.79. The minimum atomic E-state index is -0.255. The number of nitrogens with one attached hydrogen (secondary N) is 2. The molecule has 0 aliphatic heterocycles. The van der Waals surface area contributed by atoms with Crippen LogP contribution in [0.5, 0.6) is 5.75 Å². The monoisotopic (exact) mass is 361 g/mol. The molecule has 0 spiro atoms. The van der Waals surface area contributed by atoms with Gasteiger partial charge in [0.05, 0.1) is 18.0 Å². The van der Waals surface area contributed by atoms with Gasteiger partial charge in [0, 0.05) is 11.4 Å². The van der Waals surface area contributed by atoms with Crippen molar-refractivity contribution in [3.8, 4) is 5.75 Å². The molecule has 0 aliphatic carbocycles. The molecule has 1 heterocycles. The third-order valence-electron chi connectivity index (χ3n) is 3.79. The van der Waals surface area contributed by atoms with E-state index >= 15 is 0 Å². The van der Waals surface area contributed by atoms with Crippen molar-refractivity contribution in [3.63, 3.8) is 0 Å². The molecular weight excluding hydrogens is 338 g/mol. The molecule has 0 fully saturated rings. The second kappa shape index (κ2) is 8.36. The highest BCUT2D eigenvalue weighted by Gasteiger charge is 2.08. The molecular formula is C22H23N3O2. The van der Waals surface area contributed by atoms with Crippen LogP contribution in [0.2, 0.25) is 0 Å². The minimum Gasteiger partial charge on any atom is -0.491 e. The maximum atomic E-state index is 12.4. The summed E-state index contributed by atoms with van der Waals surface area (Å²) in [6.07, 6.45) is 1.76. The number of anilines is 3. The number of carbonyl (C=O) groups excluding carboxylic acids is 1. The Balaban J connectivity index is 1.61. The van der Waals surface area contributed by atoms with Crippen LogP contribution in [-0.2, 0) is 0 Å². The molecule has 0 saturated heterocycles. The number of amides is 1. The number of benzene rings is 2. The van der Waals surface area contributed by atoms with Gasteiger partial charge in [0.1, 0.15) is 11.4 Å². The molecule has 0 unspecified atom stereocenters. The fraction of sp³-hybridized carbons (Fsp3) is 0.182. The van der Waals surface area contributed by atoms with Crippen LogP contribution in [0.4, 0.5) is 17.1 Å². The summed E-state index contributed by atoms with van der Waals surface area (Å²) in [6, 6.07) is 18.9. The average molecular weight is 361 g/mol. The number of hydrogen-bond acceptors (Lipinski definition) is 4. The first-order chi connectivity index (χ1) is 13.0. The van der Waals surface area contributed by atoms with E-state index < -0.39 is 0 Å². The van der Waals surface area contributed by atoms with E-state index in [2.05, 4.69) is 15.6 Å². The molecule has 0 aliphatic rings. The van der Waals surface area contributed by atoms with Crippen molar-refractivity contribution in [1.82, 2.24) is 4.98 Å². The van der Waals surface area contributed by atoms with E-state index in [0.29, 0.717) is 11.4 Å². The van der Waals surface area contributed by atoms with Crippen LogP contribution in [0.15, 0.2) is 66.9 Å². The van der Waals surface area contributed by atoms with E-state index in [9.17, 15) is 4.79 Å². The molecule has 2 N–H and O–H groups in total. The SMILES string of the molecule is Cc1cccc(Nc2ccc(C(=O)Nc3ccc(OC(C)C)cc3)nc2)c1. The number of aryl methyl sites for hydroxylation is 1. The number of carbonyl (C=O) groups is 1. The second-order valence-corrected chi connectivity index (χ2v) is 6.57. The number of hydrogen-bond donors (Lipinski definition) is 2. The van der Waals surface area contributed by atoms with Crippen LogP contribution in [-0.4, -0.2) is 17.0 Å². The Labute approximate surface area is 159 Å². The summed E-state index contributed by atoms with van der Waals surface area (Å²) >= 11 is 0. The Morgan fingerprint density at radius 1 is 0.963 bits per heavy atom. The Bertz CT molecular complexity index is 904. The highest BCUT2D eigenvalue weighted by molar-refractivity contribution is 6.03. The van der Waals surface area contributed by atoms with Gasteiger partial charge in [-0.15, -0.1) is 0 Å². The van der Waals surface area contributed by atoms with Gasteiger partial charge in [-0.05, 0) is 74.9 Å². The molecule has 2 aromatic carbocycles. The fourth-order valence-corrected chi connectivity index (χ4v) is 2.58. The van der Waals surface area contributed by atoms with Crippen LogP contribution in [0.1, 0.15) is 29.9 Å². The van der Waals surface area contributed by atoms with Crippen molar-refractivity contribution in [2.75, 3.05) is 10.6 Å².